The van der Waals surface area contributed by atoms with Crippen molar-refractivity contribution in [1.82, 2.24) is 4.90 Å². The van der Waals surface area contributed by atoms with E-state index in [0.29, 0.717) is 18.1 Å². The molecule has 0 aromatic heterocycles. The molecule has 1 aliphatic rings. The van der Waals surface area contributed by atoms with Gasteiger partial charge < -0.3 is 19.7 Å². The van der Waals surface area contributed by atoms with Crippen molar-refractivity contribution < 1.29 is 14.3 Å². The third kappa shape index (κ3) is 13.5. The van der Waals surface area contributed by atoms with Crippen molar-refractivity contribution >= 4 is 40.3 Å². The van der Waals surface area contributed by atoms with Crippen LogP contribution < -0.4 is 14.8 Å². The number of nitrogens with zero attached hydrogens (tertiary/aromatic N) is 1. The minimum atomic E-state index is -0.185. The van der Waals surface area contributed by atoms with E-state index < -0.39 is 0 Å². The number of carbonyl (C=O) groups excluding carboxylic acids is 1. The van der Waals surface area contributed by atoms with Gasteiger partial charge in [-0.1, -0.05) is 102 Å². The van der Waals surface area contributed by atoms with Gasteiger partial charge in [-0.25, -0.2) is 0 Å². The average molecular weight is 634 g/mol. The molecule has 2 aromatic carbocycles. The number of carbonyl (C=O) groups is 1. The van der Waals surface area contributed by atoms with Crippen LogP contribution in [0.3, 0.4) is 0 Å². The summed E-state index contributed by atoms with van der Waals surface area (Å²) in [6, 6.07) is 15.6. The number of hydrogen-bond donors (Lipinski definition) is 1. The second-order valence-corrected chi connectivity index (χ2v) is 11.3. The van der Waals surface area contributed by atoms with Crippen LogP contribution in [0, 0.1) is 0 Å². The number of thioether (sulfide) groups is 1. The molecule has 7 heteroatoms. The van der Waals surface area contributed by atoms with Gasteiger partial charge in [0.15, 0.2) is 18.1 Å². The normalized spacial score (nSPS) is 12.6. The van der Waals surface area contributed by atoms with E-state index in [-0.39, 0.29) is 29.5 Å². The molecule has 0 aliphatic carbocycles. The lowest BCUT2D eigenvalue weighted by molar-refractivity contribution is -0.118. The number of ether oxygens (including phenoxy) is 2. The zero-order valence-corrected chi connectivity index (χ0v) is 27.0. The van der Waals surface area contributed by atoms with Gasteiger partial charge in [-0.2, -0.15) is 0 Å². The fourth-order valence-electron chi connectivity index (χ4n) is 4.72. The Balaban J connectivity index is 0.00000560. The van der Waals surface area contributed by atoms with Gasteiger partial charge in [0.05, 0.1) is 12.5 Å². The predicted octanol–water partition coefficient (Wildman–Crippen LogP) is 9.73. The highest BCUT2D eigenvalue weighted by Crippen LogP contribution is 2.27. The van der Waals surface area contributed by atoms with Gasteiger partial charge in [-0.05, 0) is 48.6 Å². The first-order valence-electron chi connectivity index (χ1n) is 14.9. The lowest BCUT2D eigenvalue weighted by Gasteiger charge is -2.19. The van der Waals surface area contributed by atoms with E-state index in [2.05, 4.69) is 35.5 Å². The van der Waals surface area contributed by atoms with Crippen LogP contribution in [0.1, 0.15) is 96.5 Å². The molecule has 0 saturated carbocycles. The maximum atomic E-state index is 12.6. The van der Waals surface area contributed by atoms with E-state index in [1.807, 2.05) is 54.2 Å². The van der Waals surface area contributed by atoms with E-state index >= 15 is 0 Å². The maximum Gasteiger partial charge on any atom is 0.262 e. The summed E-state index contributed by atoms with van der Waals surface area (Å²) in [5.41, 5.74) is 3.23. The summed E-state index contributed by atoms with van der Waals surface area (Å²) in [6.07, 6.45) is 15.9. The summed E-state index contributed by atoms with van der Waals surface area (Å²) >= 11 is 1.81. The smallest absolute Gasteiger partial charge is 0.262 e. The van der Waals surface area contributed by atoms with Gasteiger partial charge in [-0.3, -0.25) is 4.79 Å². The molecule has 3 rings (SSSR count). The van der Waals surface area contributed by atoms with Gasteiger partial charge in [0.25, 0.3) is 5.91 Å². The summed E-state index contributed by atoms with van der Waals surface area (Å²) < 4.78 is 11.8. The number of para-hydroxylation sites is 2. The van der Waals surface area contributed by atoms with Gasteiger partial charge in [0.1, 0.15) is 0 Å². The standard InChI is InChI=1S/C33H48N2O3S.BrH/c1-3-4-5-6-7-8-9-10-11-12-13-16-22-37-31-20-14-15-21-32(31)38-25-33(36)34-30-19-17-18-29(23-30)24-35-27-39-26-28(35)2;/h14-15,17-21,23,26H,3-13,16,22,24-25,27H2,1-2H3,(H,34,36);1H. The molecule has 40 heavy (non-hydrogen) atoms. The Bertz CT molecular complexity index is 1020. The SMILES string of the molecule is Br.CCCCCCCCCCCCCCOc1ccccc1OCC(=O)Nc1cccc(CN2CSC=C2C)c1. The van der Waals surface area contributed by atoms with Crippen LogP contribution in [-0.4, -0.2) is 29.9 Å². The minimum Gasteiger partial charge on any atom is -0.490 e. The Morgan fingerprint density at radius 2 is 1.48 bits per heavy atom. The Morgan fingerprint density at radius 3 is 2.10 bits per heavy atom. The lowest BCUT2D eigenvalue weighted by Crippen LogP contribution is -2.21. The Labute approximate surface area is 257 Å². The van der Waals surface area contributed by atoms with Crippen LogP contribution in [0.2, 0.25) is 0 Å². The van der Waals surface area contributed by atoms with E-state index in [9.17, 15) is 4.79 Å². The summed E-state index contributed by atoms with van der Waals surface area (Å²) in [4.78, 5) is 14.9. The van der Waals surface area contributed by atoms with Gasteiger partial charge in [0.2, 0.25) is 0 Å². The number of hydrogen-bond acceptors (Lipinski definition) is 5. The molecule has 0 radical (unpaired) electrons. The van der Waals surface area contributed by atoms with Gasteiger partial charge >= 0.3 is 0 Å². The van der Waals surface area contributed by atoms with Gasteiger partial charge in [-0.15, -0.1) is 28.7 Å². The number of benzene rings is 2. The molecule has 0 spiro atoms. The summed E-state index contributed by atoms with van der Waals surface area (Å²) in [5.74, 6) is 2.09. The second-order valence-electron chi connectivity index (χ2n) is 10.5. The molecule has 1 amide bonds. The van der Waals surface area contributed by atoms with E-state index in [0.717, 1.165) is 24.5 Å². The van der Waals surface area contributed by atoms with Crippen LogP contribution in [0.15, 0.2) is 59.6 Å². The minimum absolute atomic E-state index is 0. The first kappa shape index (κ1) is 34.1. The largest absolute Gasteiger partial charge is 0.490 e. The number of amides is 1. The molecule has 0 saturated heterocycles. The molecule has 1 aliphatic heterocycles. The predicted molar refractivity (Wildman–Crippen MR) is 176 cm³/mol. The number of unbranched alkanes of at least 4 members (excludes halogenated alkanes) is 11. The molecule has 2 aromatic rings. The molecule has 1 heterocycles. The maximum absolute atomic E-state index is 12.6. The Kier molecular flexibility index (Phi) is 17.6. The highest BCUT2D eigenvalue weighted by atomic mass is 79.9. The monoisotopic (exact) mass is 632 g/mol. The van der Waals surface area contributed by atoms with E-state index in [4.69, 9.17) is 9.47 Å². The van der Waals surface area contributed by atoms with Crippen LogP contribution in [0.5, 0.6) is 11.5 Å². The molecular weight excluding hydrogens is 584 g/mol. The molecule has 5 nitrogen and oxygen atoms in total. The number of allylic oxidation sites excluding steroid dienone is 1. The third-order valence-electron chi connectivity index (χ3n) is 7.03. The summed E-state index contributed by atoms with van der Waals surface area (Å²) in [7, 11) is 0. The van der Waals surface area contributed by atoms with Crippen molar-refractivity contribution in [3.63, 3.8) is 0 Å². The average Bonchev–Trinajstić information content (AvgIpc) is 3.34. The second kappa shape index (κ2) is 20.7. The van der Waals surface area contributed by atoms with Crippen LogP contribution >= 0.6 is 28.7 Å². The molecule has 0 unspecified atom stereocenters. The molecule has 0 bridgehead atoms. The molecular formula is C33H49BrN2O3S. The van der Waals surface area contributed by atoms with Crippen LogP contribution in [0.4, 0.5) is 5.69 Å². The Hall–Kier alpha value is -2.12. The number of anilines is 1. The van der Waals surface area contributed by atoms with Gasteiger partial charge in [0, 0.05) is 17.9 Å². The highest BCUT2D eigenvalue weighted by Gasteiger charge is 2.13. The van der Waals surface area contributed by atoms with Crippen LogP contribution in [0.25, 0.3) is 0 Å². The quantitative estimate of drug-likeness (QED) is 0.147. The number of halogens is 1. The fourth-order valence-corrected chi connectivity index (χ4v) is 5.66. The molecule has 0 fully saturated rings. The van der Waals surface area contributed by atoms with Crippen molar-refractivity contribution in [1.29, 1.82) is 0 Å². The van der Waals surface area contributed by atoms with Crippen molar-refractivity contribution in [2.45, 2.75) is 97.4 Å². The first-order chi connectivity index (χ1) is 19.2. The zero-order valence-electron chi connectivity index (χ0n) is 24.5. The molecule has 222 valence electrons. The number of nitrogens with one attached hydrogen (secondary N) is 1. The number of rotatable bonds is 20. The van der Waals surface area contributed by atoms with Crippen LogP contribution in [-0.2, 0) is 11.3 Å². The topological polar surface area (TPSA) is 50.8 Å². The van der Waals surface area contributed by atoms with Crippen molar-refractivity contribution in [2.75, 3.05) is 24.4 Å². The van der Waals surface area contributed by atoms with E-state index in [1.54, 1.807) is 0 Å². The third-order valence-corrected chi connectivity index (χ3v) is 8.00. The summed E-state index contributed by atoms with van der Waals surface area (Å²) in [5, 5.41) is 5.14. The molecule has 0 atom stereocenters. The summed E-state index contributed by atoms with van der Waals surface area (Å²) in [6.45, 7) is 5.84. The lowest BCUT2D eigenvalue weighted by atomic mass is 10.1. The highest BCUT2D eigenvalue weighted by molar-refractivity contribution is 8.93. The Morgan fingerprint density at radius 1 is 0.850 bits per heavy atom. The zero-order chi connectivity index (χ0) is 27.5. The van der Waals surface area contributed by atoms with Crippen molar-refractivity contribution in [2.24, 2.45) is 0 Å². The van der Waals surface area contributed by atoms with Crippen molar-refractivity contribution in [3.05, 3.63) is 65.2 Å². The molecule has 1 N–H and O–H groups in total. The van der Waals surface area contributed by atoms with E-state index in [1.165, 1.54) is 81.9 Å². The van der Waals surface area contributed by atoms with Crippen molar-refractivity contribution in [3.8, 4) is 11.5 Å². The fraction of sp³-hybridized carbons (Fsp3) is 0.545. The first-order valence-corrected chi connectivity index (χ1v) is 16.0.